The van der Waals surface area contributed by atoms with Crippen molar-refractivity contribution in [1.29, 1.82) is 0 Å². The fourth-order valence-corrected chi connectivity index (χ4v) is 7.48. The fraction of sp³-hybridized carbons (Fsp3) is 0.389. The van der Waals surface area contributed by atoms with E-state index >= 15 is 0 Å². The van der Waals surface area contributed by atoms with Gasteiger partial charge in [0.1, 0.15) is 17.8 Å². The van der Waals surface area contributed by atoms with Crippen LogP contribution in [0.15, 0.2) is 83.8 Å². The zero-order valence-corrected chi connectivity index (χ0v) is 29.2. The van der Waals surface area contributed by atoms with Gasteiger partial charge in [0.25, 0.3) is 0 Å². The molecule has 0 aromatic heterocycles. The van der Waals surface area contributed by atoms with E-state index in [0.717, 1.165) is 5.56 Å². The van der Waals surface area contributed by atoms with E-state index < -0.39 is 46.2 Å². The molecule has 2 saturated heterocycles. The third-order valence-corrected chi connectivity index (χ3v) is 10.4. The van der Waals surface area contributed by atoms with Crippen molar-refractivity contribution >= 4 is 39.7 Å². The van der Waals surface area contributed by atoms with Gasteiger partial charge in [0, 0.05) is 44.8 Å². The van der Waals surface area contributed by atoms with Crippen LogP contribution in [0.25, 0.3) is 0 Å². The zero-order valence-electron chi connectivity index (χ0n) is 28.4. The Kier molecular flexibility index (Phi) is 11.8. The molecule has 2 heterocycles. The van der Waals surface area contributed by atoms with Crippen LogP contribution in [-0.2, 0) is 30.8 Å². The Morgan fingerprint density at radius 2 is 1.48 bits per heavy atom. The lowest BCUT2D eigenvalue weighted by atomic mass is 10.0. The number of carbonyl (C=O) groups excluding carboxylic acids is 4. The molecule has 0 aliphatic carbocycles. The maximum absolute atomic E-state index is 13.5. The van der Waals surface area contributed by atoms with E-state index in [1.807, 2.05) is 25.1 Å². The minimum Gasteiger partial charge on any atom is -0.461 e. The van der Waals surface area contributed by atoms with E-state index in [-0.39, 0.29) is 29.6 Å². The number of ether oxygens (including phenoxy) is 2. The molecule has 50 heavy (non-hydrogen) atoms. The summed E-state index contributed by atoms with van der Waals surface area (Å²) in [5, 5.41) is 5.59. The van der Waals surface area contributed by atoms with E-state index in [4.69, 9.17) is 9.47 Å². The van der Waals surface area contributed by atoms with Gasteiger partial charge in [0.05, 0.1) is 11.0 Å². The molecule has 0 spiro atoms. The fourth-order valence-electron chi connectivity index (χ4n) is 5.82. The number of amides is 4. The number of hydrogen-bond acceptors (Lipinski definition) is 8. The van der Waals surface area contributed by atoms with Gasteiger partial charge in [0.2, 0.25) is 15.9 Å². The molecule has 0 saturated carbocycles. The van der Waals surface area contributed by atoms with Crippen LogP contribution >= 0.6 is 0 Å². The first kappa shape index (κ1) is 36.3. The first-order chi connectivity index (χ1) is 23.9. The highest BCUT2D eigenvalue weighted by atomic mass is 32.2. The van der Waals surface area contributed by atoms with Gasteiger partial charge in [-0.25, -0.2) is 22.8 Å². The molecule has 0 unspecified atom stereocenters. The zero-order chi connectivity index (χ0) is 35.8. The number of urea groups is 1. The molecule has 0 bridgehead atoms. The minimum absolute atomic E-state index is 0.0654. The number of piperazine rings is 1. The van der Waals surface area contributed by atoms with Gasteiger partial charge < -0.3 is 29.9 Å². The van der Waals surface area contributed by atoms with Crippen LogP contribution in [0.3, 0.4) is 0 Å². The average molecular weight is 706 g/mol. The van der Waals surface area contributed by atoms with Crippen molar-refractivity contribution in [2.45, 2.75) is 63.1 Å². The quantitative estimate of drug-likeness (QED) is 0.298. The summed E-state index contributed by atoms with van der Waals surface area (Å²) in [6.45, 7) is 6.77. The van der Waals surface area contributed by atoms with Crippen LogP contribution < -0.4 is 15.4 Å². The lowest BCUT2D eigenvalue weighted by Crippen LogP contribution is -2.52. The highest BCUT2D eigenvalue weighted by Gasteiger charge is 2.40. The Hall–Kier alpha value is -4.95. The van der Waals surface area contributed by atoms with Gasteiger partial charge in [-0.2, -0.15) is 4.31 Å². The molecule has 14 heteroatoms. The van der Waals surface area contributed by atoms with Crippen molar-refractivity contribution in [2.75, 3.05) is 38.0 Å². The van der Waals surface area contributed by atoms with Gasteiger partial charge in [-0.3, -0.25) is 4.79 Å². The number of para-hydroxylation sites is 1. The monoisotopic (exact) mass is 705 g/mol. The smallest absolute Gasteiger partial charge is 0.415 e. The Bertz CT molecular complexity index is 1760. The molecule has 3 aromatic rings. The molecule has 2 aliphatic rings. The van der Waals surface area contributed by atoms with Crippen LogP contribution in [0.1, 0.15) is 37.8 Å². The topological polar surface area (TPSA) is 155 Å². The van der Waals surface area contributed by atoms with Crippen molar-refractivity contribution in [3.8, 4) is 5.75 Å². The number of rotatable bonds is 10. The molecule has 4 amide bonds. The Balaban J connectivity index is 1.17. The Morgan fingerprint density at radius 1 is 0.840 bits per heavy atom. The summed E-state index contributed by atoms with van der Waals surface area (Å²) in [5.74, 6) is -0.935. The van der Waals surface area contributed by atoms with Gasteiger partial charge in [-0.1, -0.05) is 48.0 Å². The number of anilines is 1. The normalized spacial score (nSPS) is 17.2. The first-order valence-electron chi connectivity index (χ1n) is 16.7. The number of carbonyl (C=O) groups is 4. The number of sulfonamides is 1. The highest BCUT2D eigenvalue weighted by molar-refractivity contribution is 7.89. The van der Waals surface area contributed by atoms with Crippen molar-refractivity contribution in [3.05, 3.63) is 90.0 Å². The van der Waals surface area contributed by atoms with E-state index in [0.29, 0.717) is 50.3 Å². The third-order valence-electron chi connectivity index (χ3n) is 8.51. The van der Waals surface area contributed by atoms with Gasteiger partial charge in [0.15, 0.2) is 0 Å². The van der Waals surface area contributed by atoms with Crippen molar-refractivity contribution in [1.82, 2.24) is 19.4 Å². The summed E-state index contributed by atoms with van der Waals surface area (Å²) < 4.78 is 39.0. The second-order valence-corrected chi connectivity index (χ2v) is 14.5. The lowest BCUT2D eigenvalue weighted by molar-refractivity contribution is -0.151. The Morgan fingerprint density at radius 3 is 2.12 bits per heavy atom. The molecule has 0 radical (unpaired) electrons. The van der Waals surface area contributed by atoms with Crippen molar-refractivity contribution in [2.24, 2.45) is 0 Å². The number of benzene rings is 3. The highest BCUT2D eigenvalue weighted by Crippen LogP contribution is 2.27. The molecule has 2 atom stereocenters. The van der Waals surface area contributed by atoms with Gasteiger partial charge in [-0.15, -0.1) is 0 Å². The van der Waals surface area contributed by atoms with Crippen LogP contribution in [0, 0.1) is 6.92 Å². The molecule has 2 aliphatic heterocycles. The largest absolute Gasteiger partial charge is 0.461 e. The van der Waals surface area contributed by atoms with Gasteiger partial charge in [-0.05, 0) is 75.6 Å². The molecule has 266 valence electrons. The van der Waals surface area contributed by atoms with Crippen LogP contribution in [0.2, 0.25) is 0 Å². The molecule has 2 N–H and O–H groups in total. The molecule has 3 aromatic carbocycles. The predicted octanol–water partition coefficient (Wildman–Crippen LogP) is 4.18. The lowest BCUT2D eigenvalue weighted by Gasteiger charge is -2.34. The molecule has 2 fully saturated rings. The standard InChI is InChI=1S/C36H43N5O8S/c1-25(2)48-34(43)31(38-33(42)32-10-7-19-41(32)50(46,47)30-17-11-26(3)12-18-30)24-27-13-15-29(16-14-27)49-36(45)40-22-20-39(21-23-40)35(44)37-28-8-5-4-6-9-28/h4-6,8-9,11-18,25,31-32H,7,10,19-24H2,1-3H3,(H,37,44)(H,38,42)/t31-,32-/m0/s1. The molecular weight excluding hydrogens is 662 g/mol. The van der Waals surface area contributed by atoms with E-state index in [1.165, 1.54) is 21.3 Å². The van der Waals surface area contributed by atoms with Gasteiger partial charge >= 0.3 is 18.1 Å². The summed E-state index contributed by atoms with van der Waals surface area (Å²) in [7, 11) is -3.93. The summed E-state index contributed by atoms with van der Waals surface area (Å²) in [6, 6.07) is 19.9. The second-order valence-electron chi connectivity index (χ2n) is 12.6. The van der Waals surface area contributed by atoms with Crippen molar-refractivity contribution < 1.29 is 37.1 Å². The number of nitrogens with zero attached hydrogens (tertiary/aromatic N) is 3. The predicted molar refractivity (Wildman–Crippen MR) is 186 cm³/mol. The van der Waals surface area contributed by atoms with E-state index in [9.17, 15) is 27.6 Å². The van der Waals surface area contributed by atoms with E-state index in [2.05, 4.69) is 10.6 Å². The SMILES string of the molecule is Cc1ccc(S(=O)(=O)N2CCC[C@H]2C(=O)N[C@@H](Cc2ccc(OC(=O)N3CCN(C(=O)Nc4ccccc4)CC3)cc2)C(=O)OC(C)C)cc1. The maximum atomic E-state index is 13.5. The van der Waals surface area contributed by atoms with E-state index in [1.54, 1.807) is 67.3 Å². The summed E-state index contributed by atoms with van der Waals surface area (Å²) in [4.78, 5) is 55.4. The summed E-state index contributed by atoms with van der Waals surface area (Å²) in [5.41, 5.74) is 2.26. The summed E-state index contributed by atoms with van der Waals surface area (Å²) in [6.07, 6.45) is -0.0969. The van der Waals surface area contributed by atoms with Crippen molar-refractivity contribution in [3.63, 3.8) is 0 Å². The average Bonchev–Trinajstić information content (AvgIpc) is 3.61. The number of esters is 1. The van der Waals surface area contributed by atoms with Crippen LogP contribution in [-0.4, -0.2) is 97.4 Å². The van der Waals surface area contributed by atoms with Crippen LogP contribution in [0.4, 0.5) is 15.3 Å². The summed E-state index contributed by atoms with van der Waals surface area (Å²) >= 11 is 0. The first-order valence-corrected chi connectivity index (χ1v) is 18.1. The maximum Gasteiger partial charge on any atom is 0.415 e. The van der Waals surface area contributed by atoms with Crippen LogP contribution in [0.5, 0.6) is 5.75 Å². The molecular formula is C36H43N5O8S. The number of aryl methyl sites for hydroxylation is 1. The number of hydrogen-bond donors (Lipinski definition) is 2. The molecule has 5 rings (SSSR count). The minimum atomic E-state index is -3.93. The second kappa shape index (κ2) is 16.2. The Labute approximate surface area is 292 Å². The third kappa shape index (κ3) is 9.18. The molecule has 13 nitrogen and oxygen atoms in total. The number of nitrogens with one attached hydrogen (secondary N) is 2.